The van der Waals surface area contributed by atoms with E-state index in [-0.39, 0.29) is 5.82 Å². The van der Waals surface area contributed by atoms with Crippen molar-refractivity contribution in [3.05, 3.63) is 29.6 Å². The topological polar surface area (TPSA) is 24.5 Å². The number of nitrogens with one attached hydrogen (secondary N) is 1. The monoisotopic (exact) mass is 294 g/mol. The molecule has 1 aliphatic carbocycles. The van der Waals surface area contributed by atoms with Gasteiger partial charge in [-0.05, 0) is 44.7 Å². The van der Waals surface area contributed by atoms with Crippen LogP contribution >= 0.6 is 0 Å². The number of halogens is 1. The fourth-order valence-corrected chi connectivity index (χ4v) is 2.54. The van der Waals surface area contributed by atoms with Crippen LogP contribution in [0.2, 0.25) is 0 Å². The van der Waals surface area contributed by atoms with Crippen LogP contribution in [-0.2, 0) is 11.3 Å². The van der Waals surface area contributed by atoms with Gasteiger partial charge in [0.2, 0.25) is 0 Å². The smallest absolute Gasteiger partial charge is 0.129 e. The molecule has 0 unspecified atom stereocenters. The van der Waals surface area contributed by atoms with Crippen molar-refractivity contribution < 1.29 is 9.13 Å². The molecule has 1 saturated carbocycles. The van der Waals surface area contributed by atoms with Crippen molar-refractivity contribution in [2.24, 2.45) is 5.92 Å². The summed E-state index contributed by atoms with van der Waals surface area (Å²) in [7, 11) is 1.67. The van der Waals surface area contributed by atoms with Crippen molar-refractivity contribution in [2.75, 3.05) is 31.7 Å². The number of hydrogen-bond acceptors (Lipinski definition) is 3. The lowest BCUT2D eigenvalue weighted by molar-refractivity contribution is 0.199. The largest absolute Gasteiger partial charge is 0.383 e. The molecule has 1 N–H and O–H groups in total. The van der Waals surface area contributed by atoms with Gasteiger partial charge in [0.15, 0.2) is 0 Å². The van der Waals surface area contributed by atoms with Gasteiger partial charge in [0.05, 0.1) is 6.61 Å². The van der Waals surface area contributed by atoms with Crippen LogP contribution in [-0.4, -0.2) is 32.8 Å². The Morgan fingerprint density at radius 1 is 1.38 bits per heavy atom. The molecule has 1 aromatic rings. The Labute approximate surface area is 127 Å². The zero-order chi connectivity index (χ0) is 15.2. The number of hydrogen-bond donors (Lipinski definition) is 1. The molecule has 0 heterocycles. The number of methoxy groups -OCH3 is 1. The zero-order valence-corrected chi connectivity index (χ0v) is 13.4. The molecule has 21 heavy (non-hydrogen) atoms. The van der Waals surface area contributed by atoms with Gasteiger partial charge in [-0.1, -0.05) is 6.07 Å². The van der Waals surface area contributed by atoms with Crippen molar-refractivity contribution in [1.29, 1.82) is 0 Å². The quantitative estimate of drug-likeness (QED) is 0.708. The van der Waals surface area contributed by atoms with Crippen molar-refractivity contribution in [2.45, 2.75) is 39.3 Å². The molecule has 0 bridgehead atoms. The third kappa shape index (κ3) is 4.68. The van der Waals surface area contributed by atoms with Gasteiger partial charge in [-0.25, -0.2) is 4.39 Å². The van der Waals surface area contributed by atoms with Crippen LogP contribution < -0.4 is 10.2 Å². The predicted octanol–water partition coefficient (Wildman–Crippen LogP) is 3.19. The van der Waals surface area contributed by atoms with Gasteiger partial charge in [-0.15, -0.1) is 0 Å². The summed E-state index contributed by atoms with van der Waals surface area (Å²) < 4.78 is 19.3. The Morgan fingerprint density at radius 3 is 2.76 bits per heavy atom. The summed E-state index contributed by atoms with van der Waals surface area (Å²) in [6.07, 6.45) is 2.61. The van der Waals surface area contributed by atoms with E-state index in [0.717, 1.165) is 30.3 Å². The first kappa shape index (κ1) is 16.2. The lowest BCUT2D eigenvalue weighted by Crippen LogP contribution is -2.34. The zero-order valence-electron chi connectivity index (χ0n) is 13.4. The van der Waals surface area contributed by atoms with E-state index in [1.807, 2.05) is 12.1 Å². The fraction of sp³-hybridized carbons (Fsp3) is 0.647. The molecule has 0 amide bonds. The Kier molecular flexibility index (Phi) is 6.00. The first-order valence-corrected chi connectivity index (χ1v) is 7.87. The van der Waals surface area contributed by atoms with Gasteiger partial charge in [0.25, 0.3) is 0 Å². The van der Waals surface area contributed by atoms with Gasteiger partial charge in [0.1, 0.15) is 5.82 Å². The van der Waals surface area contributed by atoms with Crippen LogP contribution in [0.25, 0.3) is 0 Å². The molecule has 0 saturated heterocycles. The summed E-state index contributed by atoms with van der Waals surface area (Å²) in [6.45, 7) is 7.30. The molecule has 0 atom stereocenters. The first-order valence-electron chi connectivity index (χ1n) is 7.87. The summed E-state index contributed by atoms with van der Waals surface area (Å²) in [5.41, 5.74) is 1.80. The van der Waals surface area contributed by atoms with Crippen LogP contribution in [0.4, 0.5) is 10.1 Å². The highest BCUT2D eigenvalue weighted by Crippen LogP contribution is 2.34. The van der Waals surface area contributed by atoms with Crippen molar-refractivity contribution >= 4 is 5.69 Å². The van der Waals surface area contributed by atoms with E-state index in [1.165, 1.54) is 12.8 Å². The minimum absolute atomic E-state index is 0.126. The first-order chi connectivity index (χ1) is 10.1. The Hall–Kier alpha value is -1.13. The summed E-state index contributed by atoms with van der Waals surface area (Å²) in [6, 6.07) is 5.78. The molecule has 1 aromatic carbocycles. The van der Waals surface area contributed by atoms with Gasteiger partial charge in [-0.2, -0.15) is 0 Å². The molecule has 4 heteroatoms. The van der Waals surface area contributed by atoms with E-state index in [2.05, 4.69) is 24.1 Å². The highest BCUT2D eigenvalue weighted by Gasteiger charge is 2.27. The van der Waals surface area contributed by atoms with E-state index in [0.29, 0.717) is 19.2 Å². The molecule has 0 spiro atoms. The van der Waals surface area contributed by atoms with Gasteiger partial charge in [-0.3, -0.25) is 0 Å². The molecule has 1 aliphatic rings. The highest BCUT2D eigenvalue weighted by atomic mass is 19.1. The molecule has 3 nitrogen and oxygen atoms in total. The summed E-state index contributed by atoms with van der Waals surface area (Å²) >= 11 is 0. The molecular weight excluding hydrogens is 267 g/mol. The van der Waals surface area contributed by atoms with Gasteiger partial charge in [0, 0.05) is 44.0 Å². The number of benzene rings is 1. The van der Waals surface area contributed by atoms with Gasteiger partial charge < -0.3 is 15.0 Å². The summed E-state index contributed by atoms with van der Waals surface area (Å²) in [5, 5.41) is 3.25. The second-order valence-corrected chi connectivity index (χ2v) is 6.10. The number of rotatable bonds is 9. The lowest BCUT2D eigenvalue weighted by atomic mass is 10.1. The van der Waals surface area contributed by atoms with E-state index in [4.69, 9.17) is 4.74 Å². The summed E-state index contributed by atoms with van der Waals surface area (Å²) in [4.78, 5) is 2.34. The third-order valence-electron chi connectivity index (χ3n) is 3.96. The maximum atomic E-state index is 14.2. The summed E-state index contributed by atoms with van der Waals surface area (Å²) in [5.74, 6) is 0.656. The number of anilines is 1. The van der Waals surface area contributed by atoms with E-state index < -0.39 is 0 Å². The van der Waals surface area contributed by atoms with Gasteiger partial charge >= 0.3 is 0 Å². The molecule has 2 rings (SSSR count). The molecular formula is C17H27FN2O. The second-order valence-electron chi connectivity index (χ2n) is 6.10. The Balaban J connectivity index is 2.13. The average Bonchev–Trinajstić information content (AvgIpc) is 3.26. The van der Waals surface area contributed by atoms with Crippen LogP contribution in [0.3, 0.4) is 0 Å². The fourth-order valence-electron chi connectivity index (χ4n) is 2.54. The Bertz CT molecular complexity index is 446. The van der Waals surface area contributed by atoms with Crippen LogP contribution in [0.15, 0.2) is 18.2 Å². The molecule has 0 radical (unpaired) electrons. The van der Waals surface area contributed by atoms with Crippen molar-refractivity contribution in [1.82, 2.24) is 5.32 Å². The molecule has 0 aromatic heterocycles. The minimum Gasteiger partial charge on any atom is -0.383 e. The normalized spacial score (nSPS) is 14.7. The molecule has 118 valence electrons. The van der Waals surface area contributed by atoms with Crippen molar-refractivity contribution in [3.8, 4) is 0 Å². The maximum absolute atomic E-state index is 14.2. The molecule has 0 aliphatic heterocycles. The SMILES string of the molecule is COCCNCc1c(F)cccc1N(CC1CC1)C(C)C. The Morgan fingerprint density at radius 2 is 2.14 bits per heavy atom. The van der Waals surface area contributed by atoms with E-state index in [1.54, 1.807) is 13.2 Å². The second kappa shape index (κ2) is 7.76. The number of nitrogens with zero attached hydrogens (tertiary/aromatic N) is 1. The lowest BCUT2D eigenvalue weighted by Gasteiger charge is -2.31. The maximum Gasteiger partial charge on any atom is 0.129 e. The molecule has 1 fully saturated rings. The standard InChI is InChI=1S/C17H27FN2O/c1-13(2)20(12-14-7-8-14)17-6-4-5-16(18)15(17)11-19-9-10-21-3/h4-6,13-14,19H,7-12H2,1-3H3. The van der Waals surface area contributed by atoms with Crippen molar-refractivity contribution in [3.63, 3.8) is 0 Å². The van der Waals surface area contributed by atoms with Crippen LogP contribution in [0.5, 0.6) is 0 Å². The average molecular weight is 294 g/mol. The predicted molar refractivity (Wildman–Crippen MR) is 85.2 cm³/mol. The van der Waals surface area contributed by atoms with Crippen LogP contribution in [0, 0.1) is 11.7 Å². The minimum atomic E-state index is -0.126. The van der Waals surface area contributed by atoms with E-state index in [9.17, 15) is 4.39 Å². The van der Waals surface area contributed by atoms with Crippen LogP contribution in [0.1, 0.15) is 32.3 Å². The highest BCUT2D eigenvalue weighted by molar-refractivity contribution is 5.55. The van der Waals surface area contributed by atoms with E-state index >= 15 is 0 Å². The number of ether oxygens (including phenoxy) is 1. The third-order valence-corrected chi connectivity index (χ3v) is 3.96.